The third kappa shape index (κ3) is 7.79. The third-order valence-electron chi connectivity index (χ3n) is 12.9. The largest absolute Gasteiger partial charge is 0.423 e. The van der Waals surface area contributed by atoms with Crippen molar-refractivity contribution < 1.29 is 23.6 Å². The van der Waals surface area contributed by atoms with E-state index in [-0.39, 0.29) is 22.8 Å². The predicted molar refractivity (Wildman–Crippen MR) is 258 cm³/mol. The van der Waals surface area contributed by atoms with Gasteiger partial charge in [-0.1, -0.05) is 98.8 Å². The van der Waals surface area contributed by atoms with Gasteiger partial charge < -0.3 is 19.3 Å². The summed E-state index contributed by atoms with van der Waals surface area (Å²) in [6, 6.07) is 51.2. The molecule has 0 atom stereocenters. The zero-order valence-corrected chi connectivity index (χ0v) is 37.2. The molecule has 64 heavy (non-hydrogen) atoms. The van der Waals surface area contributed by atoms with E-state index in [9.17, 15) is 9.59 Å². The van der Waals surface area contributed by atoms with Crippen molar-refractivity contribution in [1.29, 1.82) is 0 Å². The Labute approximate surface area is 376 Å². The number of carbonyl (C=O) groups excluding carboxylic acids is 2. The van der Waals surface area contributed by atoms with Gasteiger partial charge in [-0.2, -0.15) is 4.58 Å². The van der Waals surface area contributed by atoms with E-state index in [1.54, 1.807) is 24.3 Å². The van der Waals surface area contributed by atoms with Crippen molar-refractivity contribution in [2.75, 3.05) is 23.9 Å². The van der Waals surface area contributed by atoms with Crippen molar-refractivity contribution in [3.63, 3.8) is 0 Å². The summed E-state index contributed by atoms with van der Waals surface area (Å²) in [5.74, 6) is 0.297. The highest BCUT2D eigenvalue weighted by atomic mass is 16.5. The number of rotatable bonds is 10. The summed E-state index contributed by atoms with van der Waals surface area (Å²) in [4.78, 5) is 30.6. The van der Waals surface area contributed by atoms with Crippen LogP contribution in [0.4, 0.5) is 22.7 Å². The molecule has 0 N–H and O–H groups in total. The van der Waals surface area contributed by atoms with E-state index in [2.05, 4.69) is 141 Å². The van der Waals surface area contributed by atoms with Gasteiger partial charge in [0.2, 0.25) is 5.69 Å². The smallest absolute Gasteiger partial charge is 0.343 e. The minimum Gasteiger partial charge on any atom is -0.423 e. The number of likely N-dealkylation sites (N-methyl/N-ethyl adjacent to an activating group) is 1. The first-order valence-electron chi connectivity index (χ1n) is 21.8. The van der Waals surface area contributed by atoms with Gasteiger partial charge in [0.15, 0.2) is 5.71 Å². The van der Waals surface area contributed by atoms with Crippen LogP contribution in [0.3, 0.4) is 0 Å². The van der Waals surface area contributed by atoms with Gasteiger partial charge in [-0.05, 0) is 128 Å². The van der Waals surface area contributed by atoms with Crippen LogP contribution >= 0.6 is 0 Å². The van der Waals surface area contributed by atoms with Crippen LogP contribution in [-0.4, -0.2) is 36.3 Å². The van der Waals surface area contributed by atoms with Crippen LogP contribution in [0.5, 0.6) is 11.5 Å². The van der Waals surface area contributed by atoms with Crippen molar-refractivity contribution in [2.24, 2.45) is 0 Å². The van der Waals surface area contributed by atoms with Gasteiger partial charge in [0, 0.05) is 52.9 Å². The van der Waals surface area contributed by atoms with Gasteiger partial charge in [-0.25, -0.2) is 9.59 Å². The highest BCUT2D eigenvalue weighted by Crippen LogP contribution is 2.49. The molecule has 318 valence electrons. The number of para-hydroxylation sites is 2. The second kappa shape index (κ2) is 17.0. The number of fused-ring (bicyclic) bond motifs is 2. The lowest BCUT2D eigenvalue weighted by atomic mass is 9.81. The minimum atomic E-state index is -0.376. The lowest BCUT2D eigenvalue weighted by molar-refractivity contribution is -0.401. The van der Waals surface area contributed by atoms with Gasteiger partial charge in [0.1, 0.15) is 18.5 Å². The van der Waals surface area contributed by atoms with Crippen molar-refractivity contribution >= 4 is 40.4 Å². The molecule has 2 aliphatic heterocycles. The molecule has 1 aliphatic carbocycles. The normalized spacial score (nSPS) is 17.3. The number of benzene rings is 6. The molecule has 6 aromatic rings. The molecular formula is C57H52N3O4+. The Kier molecular flexibility index (Phi) is 11.1. The maximum Gasteiger partial charge on any atom is 0.343 e. The van der Waals surface area contributed by atoms with E-state index in [0.29, 0.717) is 22.6 Å². The number of ether oxygens (including phenoxy) is 2. The molecule has 6 aromatic carbocycles. The summed E-state index contributed by atoms with van der Waals surface area (Å²) in [5.41, 5.74) is 12.7. The lowest BCUT2D eigenvalue weighted by Gasteiger charge is -2.29. The van der Waals surface area contributed by atoms with Crippen LogP contribution in [0.1, 0.15) is 72.4 Å². The molecule has 0 saturated heterocycles. The molecule has 0 bridgehead atoms. The summed E-state index contributed by atoms with van der Waals surface area (Å²) < 4.78 is 14.0. The molecule has 2 heterocycles. The summed E-state index contributed by atoms with van der Waals surface area (Å²) in [6.07, 6.45) is 10.9. The number of anilines is 3. The Balaban J connectivity index is 1.08. The number of hydrogen-bond acceptors (Lipinski definition) is 6. The van der Waals surface area contributed by atoms with Gasteiger partial charge in [-0.3, -0.25) is 0 Å². The Morgan fingerprint density at radius 3 is 1.69 bits per heavy atom. The lowest BCUT2D eigenvalue weighted by Crippen LogP contribution is -2.26. The van der Waals surface area contributed by atoms with Crippen LogP contribution in [-0.2, 0) is 10.8 Å². The van der Waals surface area contributed by atoms with E-state index in [1.165, 1.54) is 11.1 Å². The molecule has 0 spiro atoms. The quantitative estimate of drug-likeness (QED) is 0.0778. The number of carbonyl (C=O) groups is 2. The molecule has 0 amide bonds. The van der Waals surface area contributed by atoms with Crippen molar-refractivity contribution in [2.45, 2.75) is 51.4 Å². The molecule has 3 aliphatic rings. The predicted octanol–water partition coefficient (Wildman–Crippen LogP) is 12.8. The third-order valence-corrected chi connectivity index (χ3v) is 12.9. The fourth-order valence-electron chi connectivity index (χ4n) is 9.48. The first-order valence-corrected chi connectivity index (χ1v) is 21.8. The molecule has 0 fully saturated rings. The fourth-order valence-corrected chi connectivity index (χ4v) is 9.48. The number of hydrogen-bond donors (Lipinski definition) is 0. The van der Waals surface area contributed by atoms with Crippen molar-refractivity contribution in [3.8, 4) is 11.5 Å². The zero-order chi connectivity index (χ0) is 44.6. The van der Waals surface area contributed by atoms with E-state index in [1.807, 2.05) is 72.8 Å². The van der Waals surface area contributed by atoms with E-state index in [0.717, 1.165) is 63.8 Å². The monoisotopic (exact) mass is 842 g/mol. The molecule has 7 nitrogen and oxygen atoms in total. The fraction of sp³-hybridized carbons (Fsp3) is 0.175. The number of esters is 2. The molecule has 0 saturated carbocycles. The summed E-state index contributed by atoms with van der Waals surface area (Å²) in [6.45, 7) is 8.92. The summed E-state index contributed by atoms with van der Waals surface area (Å²) in [7, 11) is 4.22. The van der Waals surface area contributed by atoms with Crippen LogP contribution in [0.25, 0.3) is 0 Å². The van der Waals surface area contributed by atoms with Crippen molar-refractivity contribution in [1.82, 2.24) is 0 Å². The van der Waals surface area contributed by atoms with E-state index in [4.69, 9.17) is 9.47 Å². The zero-order valence-electron chi connectivity index (χ0n) is 37.2. The summed E-state index contributed by atoms with van der Waals surface area (Å²) in [5, 5.41) is 0. The van der Waals surface area contributed by atoms with E-state index >= 15 is 0 Å². The molecular weight excluding hydrogens is 791 g/mol. The van der Waals surface area contributed by atoms with Crippen LogP contribution in [0, 0.1) is 0 Å². The highest BCUT2D eigenvalue weighted by Gasteiger charge is 2.44. The minimum absolute atomic E-state index is 0.371. The highest BCUT2D eigenvalue weighted by molar-refractivity contribution is 6.03. The second-order valence-electron chi connectivity index (χ2n) is 17.6. The standard InChI is InChI=1S/C57H52N3O4/c1-56(2)47-37-45(63-54(61)41-19-11-7-12-20-41)31-33-49(47)58(5)51(56)35-29-39-27-28-40(53(39)60(43-23-15-9-16-24-43)44-25-17-10-18-26-44)30-36-52-57(3,4)48-38-46(32-34-50(48)59(52)6)64-55(62)42-21-13-8-14-22-42/h7-26,29-38H,27-28H2,1-6H3/q+1. The first-order chi connectivity index (χ1) is 30.9. The maximum absolute atomic E-state index is 13.0. The SMILES string of the molecule is CN1/C(=C/C=C2\CCC(/C=C/C3=[N+](C)c4ccc(OC(=O)c5ccccc5)cc4C3(C)C)=C2N(c2ccccc2)c2ccccc2)C(C)(C)c2cc(OC(=O)c3ccccc3)ccc21. The van der Waals surface area contributed by atoms with Gasteiger partial charge in [0.25, 0.3) is 0 Å². The molecule has 0 radical (unpaired) electrons. The Morgan fingerprint density at radius 1 is 0.609 bits per heavy atom. The molecule has 0 unspecified atom stereocenters. The summed E-state index contributed by atoms with van der Waals surface area (Å²) >= 11 is 0. The topological polar surface area (TPSA) is 62.1 Å². The number of allylic oxidation sites excluding steroid dienone is 7. The number of nitrogens with zero attached hydrogens (tertiary/aromatic N) is 3. The average Bonchev–Trinajstić information content (AvgIpc) is 3.86. The second-order valence-corrected chi connectivity index (χ2v) is 17.6. The molecule has 9 rings (SSSR count). The van der Waals surface area contributed by atoms with Gasteiger partial charge in [0.05, 0.1) is 22.2 Å². The maximum atomic E-state index is 13.0. The van der Waals surface area contributed by atoms with Gasteiger partial charge >= 0.3 is 11.9 Å². The first kappa shape index (κ1) is 41.8. The van der Waals surface area contributed by atoms with Crippen LogP contribution < -0.4 is 19.3 Å². The molecule has 0 aromatic heterocycles. The van der Waals surface area contributed by atoms with Crippen molar-refractivity contribution in [3.05, 3.63) is 227 Å². The average molecular weight is 843 g/mol. The van der Waals surface area contributed by atoms with Crippen LogP contribution in [0.15, 0.2) is 205 Å². The van der Waals surface area contributed by atoms with Crippen LogP contribution in [0.2, 0.25) is 0 Å². The Morgan fingerprint density at radius 2 is 1.12 bits per heavy atom. The Bertz CT molecular complexity index is 2890. The van der Waals surface area contributed by atoms with Gasteiger partial charge in [-0.15, -0.1) is 0 Å². The Hall–Kier alpha value is -7.51. The molecule has 7 heteroatoms. The van der Waals surface area contributed by atoms with E-state index < -0.39 is 0 Å².